The van der Waals surface area contributed by atoms with E-state index in [2.05, 4.69) is 10.1 Å². The maximum atomic E-state index is 13.1. The fourth-order valence-corrected chi connectivity index (χ4v) is 4.55. The predicted octanol–water partition coefficient (Wildman–Crippen LogP) is 3.78. The van der Waals surface area contributed by atoms with Crippen molar-refractivity contribution in [3.63, 3.8) is 0 Å². The summed E-state index contributed by atoms with van der Waals surface area (Å²) >= 11 is 1.48. The van der Waals surface area contributed by atoms with E-state index in [1.165, 1.54) is 21.9 Å². The first-order valence-corrected chi connectivity index (χ1v) is 10.4. The van der Waals surface area contributed by atoms with Crippen molar-refractivity contribution in [2.24, 2.45) is 0 Å². The molecule has 9 heteroatoms. The Morgan fingerprint density at radius 2 is 1.85 bits per heavy atom. The van der Waals surface area contributed by atoms with Gasteiger partial charge < -0.3 is 8.94 Å². The monoisotopic (exact) mass is 401 g/mol. The maximum absolute atomic E-state index is 13.1. The number of hydrogen-bond acceptors (Lipinski definition) is 7. The average Bonchev–Trinajstić information content (AvgIpc) is 3.44. The molecule has 0 atom stereocenters. The van der Waals surface area contributed by atoms with Gasteiger partial charge in [-0.15, -0.1) is 11.3 Å². The lowest BCUT2D eigenvalue weighted by atomic mass is 10.4. The van der Waals surface area contributed by atoms with Gasteiger partial charge in [0, 0.05) is 0 Å². The number of hydrogen-bond donors (Lipinski definition) is 0. The third-order valence-electron chi connectivity index (χ3n) is 3.81. The summed E-state index contributed by atoms with van der Waals surface area (Å²) in [5.41, 5.74) is 0. The standard InChI is InChI=1S/C18H15N3O4S2/c22-27(23,15-7-2-1-3-8-15)21(12-14-6-4-10-24-14)13-17-19-18(20-25-17)16-9-5-11-26-16/h1-11H,12-13H2. The van der Waals surface area contributed by atoms with Gasteiger partial charge in [-0.05, 0) is 35.7 Å². The Morgan fingerprint density at radius 3 is 2.56 bits per heavy atom. The molecule has 3 aromatic heterocycles. The van der Waals surface area contributed by atoms with Crippen molar-refractivity contribution in [1.82, 2.24) is 14.4 Å². The van der Waals surface area contributed by atoms with Gasteiger partial charge in [0.1, 0.15) is 5.76 Å². The zero-order valence-electron chi connectivity index (χ0n) is 14.1. The first kappa shape index (κ1) is 17.7. The molecule has 0 fully saturated rings. The Kier molecular flexibility index (Phi) is 4.88. The Morgan fingerprint density at radius 1 is 1.00 bits per heavy atom. The second kappa shape index (κ2) is 7.47. The Balaban J connectivity index is 1.64. The van der Waals surface area contributed by atoms with Gasteiger partial charge in [-0.3, -0.25) is 0 Å². The molecule has 0 saturated heterocycles. The van der Waals surface area contributed by atoms with Gasteiger partial charge in [-0.2, -0.15) is 9.29 Å². The average molecular weight is 401 g/mol. The minimum absolute atomic E-state index is 0.0565. The van der Waals surface area contributed by atoms with Crippen LogP contribution in [0, 0.1) is 0 Å². The van der Waals surface area contributed by atoms with Crippen LogP contribution < -0.4 is 0 Å². The van der Waals surface area contributed by atoms with Crippen molar-refractivity contribution in [1.29, 1.82) is 0 Å². The third-order valence-corrected chi connectivity index (χ3v) is 6.49. The highest BCUT2D eigenvalue weighted by Crippen LogP contribution is 2.24. The van der Waals surface area contributed by atoms with E-state index in [4.69, 9.17) is 8.94 Å². The molecule has 0 aliphatic carbocycles. The highest BCUT2D eigenvalue weighted by atomic mass is 32.2. The summed E-state index contributed by atoms with van der Waals surface area (Å²) < 4.78 is 38.1. The van der Waals surface area contributed by atoms with Gasteiger partial charge in [0.2, 0.25) is 21.7 Å². The van der Waals surface area contributed by atoms with Crippen LogP contribution in [0.15, 0.2) is 80.1 Å². The molecule has 0 saturated carbocycles. The molecular weight excluding hydrogens is 386 g/mol. The molecule has 138 valence electrons. The molecule has 0 amide bonds. The number of aromatic nitrogens is 2. The summed E-state index contributed by atoms with van der Waals surface area (Å²) in [4.78, 5) is 5.37. The van der Waals surface area contributed by atoms with E-state index in [1.54, 1.807) is 42.5 Å². The van der Waals surface area contributed by atoms with E-state index in [0.717, 1.165) is 4.88 Å². The van der Waals surface area contributed by atoms with Crippen LogP contribution in [0.1, 0.15) is 11.7 Å². The molecular formula is C18H15N3O4S2. The molecule has 4 rings (SSSR count). The molecule has 27 heavy (non-hydrogen) atoms. The number of benzene rings is 1. The zero-order chi connectivity index (χ0) is 18.7. The highest BCUT2D eigenvalue weighted by Gasteiger charge is 2.27. The molecule has 0 aliphatic rings. The van der Waals surface area contributed by atoms with Crippen molar-refractivity contribution in [2.75, 3.05) is 0 Å². The highest BCUT2D eigenvalue weighted by molar-refractivity contribution is 7.89. The van der Waals surface area contributed by atoms with E-state index in [-0.39, 0.29) is 23.9 Å². The van der Waals surface area contributed by atoms with Gasteiger partial charge in [0.25, 0.3) is 0 Å². The molecule has 0 bridgehead atoms. The van der Waals surface area contributed by atoms with Crippen molar-refractivity contribution >= 4 is 21.4 Å². The molecule has 0 unspecified atom stereocenters. The maximum Gasteiger partial charge on any atom is 0.243 e. The zero-order valence-corrected chi connectivity index (χ0v) is 15.7. The summed E-state index contributed by atoms with van der Waals surface area (Å²) in [7, 11) is -3.77. The summed E-state index contributed by atoms with van der Waals surface area (Å²) in [5.74, 6) is 1.17. The third kappa shape index (κ3) is 3.85. The normalized spacial score (nSPS) is 11.9. The van der Waals surface area contributed by atoms with E-state index >= 15 is 0 Å². The molecule has 0 radical (unpaired) electrons. The fourth-order valence-electron chi connectivity index (χ4n) is 2.52. The van der Waals surface area contributed by atoms with Crippen LogP contribution in [0.25, 0.3) is 10.7 Å². The summed E-state index contributed by atoms with van der Waals surface area (Å²) in [6, 6.07) is 15.4. The van der Waals surface area contributed by atoms with Gasteiger partial charge in [0.15, 0.2) is 0 Å². The molecule has 4 aromatic rings. The number of rotatable bonds is 7. The van der Waals surface area contributed by atoms with E-state index in [9.17, 15) is 8.42 Å². The van der Waals surface area contributed by atoms with Gasteiger partial charge in [-0.25, -0.2) is 8.42 Å². The quantitative estimate of drug-likeness (QED) is 0.468. The van der Waals surface area contributed by atoms with Crippen molar-refractivity contribution in [3.8, 4) is 10.7 Å². The Hall–Kier alpha value is -2.75. The van der Waals surface area contributed by atoms with Crippen LogP contribution >= 0.6 is 11.3 Å². The predicted molar refractivity (Wildman–Crippen MR) is 99.2 cm³/mol. The number of thiophene rings is 1. The topological polar surface area (TPSA) is 89.4 Å². The number of nitrogens with zero attached hydrogens (tertiary/aromatic N) is 3. The fraction of sp³-hybridized carbons (Fsp3) is 0.111. The first-order chi connectivity index (χ1) is 13.1. The molecule has 7 nitrogen and oxygen atoms in total. The Labute approximate surface area is 159 Å². The molecule has 1 aromatic carbocycles. The van der Waals surface area contributed by atoms with Crippen LogP contribution in [-0.4, -0.2) is 22.9 Å². The van der Waals surface area contributed by atoms with E-state index < -0.39 is 10.0 Å². The molecule has 3 heterocycles. The SMILES string of the molecule is O=S(=O)(c1ccccc1)N(Cc1ccco1)Cc1nc(-c2cccs2)no1. The first-order valence-electron chi connectivity index (χ1n) is 8.07. The van der Waals surface area contributed by atoms with E-state index in [1.807, 2.05) is 17.5 Å². The smallest absolute Gasteiger partial charge is 0.243 e. The second-order valence-electron chi connectivity index (χ2n) is 5.65. The largest absolute Gasteiger partial charge is 0.468 e. The number of furan rings is 1. The molecule has 0 aliphatic heterocycles. The van der Waals surface area contributed by atoms with Crippen molar-refractivity contribution in [3.05, 3.63) is 77.9 Å². The van der Waals surface area contributed by atoms with Crippen LogP contribution in [-0.2, 0) is 23.1 Å². The lowest BCUT2D eigenvalue weighted by Gasteiger charge is -2.19. The second-order valence-corrected chi connectivity index (χ2v) is 8.54. The lowest BCUT2D eigenvalue weighted by molar-refractivity contribution is 0.297. The van der Waals surface area contributed by atoms with Crippen LogP contribution in [0.2, 0.25) is 0 Å². The summed E-state index contributed by atoms with van der Waals surface area (Å²) in [5, 5.41) is 5.85. The minimum atomic E-state index is -3.77. The van der Waals surface area contributed by atoms with Gasteiger partial charge in [0.05, 0.1) is 29.1 Å². The van der Waals surface area contributed by atoms with Crippen LogP contribution in [0.5, 0.6) is 0 Å². The van der Waals surface area contributed by atoms with Crippen LogP contribution in [0.3, 0.4) is 0 Å². The summed E-state index contributed by atoms with van der Waals surface area (Å²) in [6.07, 6.45) is 1.50. The summed E-state index contributed by atoms with van der Waals surface area (Å²) in [6.45, 7) is -0.00273. The minimum Gasteiger partial charge on any atom is -0.468 e. The number of sulfonamides is 1. The molecule has 0 spiro atoms. The lowest BCUT2D eigenvalue weighted by Crippen LogP contribution is -2.30. The van der Waals surface area contributed by atoms with Gasteiger partial charge >= 0.3 is 0 Å². The molecule has 0 N–H and O–H groups in total. The van der Waals surface area contributed by atoms with Crippen molar-refractivity contribution in [2.45, 2.75) is 18.0 Å². The van der Waals surface area contributed by atoms with Crippen molar-refractivity contribution < 1.29 is 17.4 Å². The van der Waals surface area contributed by atoms with Gasteiger partial charge in [-0.1, -0.05) is 29.4 Å². The Bertz CT molecular complexity index is 1090. The van der Waals surface area contributed by atoms with E-state index in [0.29, 0.717) is 11.6 Å². The van der Waals surface area contributed by atoms with Crippen LogP contribution in [0.4, 0.5) is 0 Å².